The van der Waals surface area contributed by atoms with Crippen molar-refractivity contribution in [1.82, 2.24) is 5.32 Å². The number of nitrogens with one attached hydrogen (secondary N) is 2. The highest BCUT2D eigenvalue weighted by atomic mass is 14.9. The minimum Gasteiger partial charge on any atom is -0.382 e. The molecule has 0 amide bonds. The third-order valence-corrected chi connectivity index (χ3v) is 6.77. The van der Waals surface area contributed by atoms with Crippen LogP contribution in [0.15, 0.2) is 150 Å². The van der Waals surface area contributed by atoms with Gasteiger partial charge in [-0.05, 0) is 79.3 Å². The molecule has 2 N–H and O–H groups in total. The topological polar surface area (TPSA) is 24.1 Å². The van der Waals surface area contributed by atoms with Gasteiger partial charge in [-0.25, -0.2) is 0 Å². The van der Waals surface area contributed by atoms with Gasteiger partial charge in [0.25, 0.3) is 0 Å². The first kappa shape index (κ1) is 28.8. The second kappa shape index (κ2) is 13.7. The predicted octanol–water partition coefficient (Wildman–Crippen LogP) is 9.52. The monoisotopic (exact) mass is 504 g/mol. The molecule has 1 aromatic rings. The summed E-state index contributed by atoms with van der Waals surface area (Å²) >= 11 is 0. The Hall–Kier alpha value is -3.78. The Labute approximate surface area is 231 Å². The van der Waals surface area contributed by atoms with Gasteiger partial charge in [-0.2, -0.15) is 0 Å². The molecule has 0 saturated heterocycles. The van der Waals surface area contributed by atoms with Crippen LogP contribution >= 0.6 is 0 Å². The van der Waals surface area contributed by atoms with E-state index in [9.17, 15) is 0 Å². The molecule has 198 valence electrons. The van der Waals surface area contributed by atoms with Gasteiger partial charge in [-0.15, -0.1) is 0 Å². The van der Waals surface area contributed by atoms with Crippen molar-refractivity contribution in [2.75, 3.05) is 5.32 Å². The Morgan fingerprint density at radius 2 is 1.87 bits per heavy atom. The number of fused-ring (bicyclic) bond motifs is 1. The first-order valence-electron chi connectivity index (χ1n) is 13.6. The normalized spacial score (nSPS) is 23.4. The third kappa shape index (κ3) is 8.95. The van der Waals surface area contributed by atoms with Crippen LogP contribution in [0.2, 0.25) is 0 Å². The summed E-state index contributed by atoms with van der Waals surface area (Å²) in [4.78, 5) is 0. The molecule has 0 heterocycles. The molecule has 38 heavy (non-hydrogen) atoms. The van der Waals surface area contributed by atoms with E-state index in [0.717, 1.165) is 35.5 Å². The summed E-state index contributed by atoms with van der Waals surface area (Å²) in [5.74, 6) is 0.449. The minimum atomic E-state index is 0.00613. The van der Waals surface area contributed by atoms with Gasteiger partial charge in [0.2, 0.25) is 0 Å². The van der Waals surface area contributed by atoms with Gasteiger partial charge in [0.15, 0.2) is 0 Å². The molecule has 0 fully saturated rings. The highest BCUT2D eigenvalue weighted by Gasteiger charge is 2.16. The standard InChI is InChI=1S/C36H44N2/c1-8-34(38-35-20-10-9-11-21-35)25-30(23-22-28(3)37-29(4)36(5,6)7)24-33-26-32-19-15-14-18-31(32)17-13-12-16-27(33)2/h8-13,15-17,19-26,28,31,37-38H,1,4,14,18H2,2-3,5-7H3/b16-12-,17-13?,23-22?,30-24?,32-26-,33-27+,34-25+. The summed E-state index contributed by atoms with van der Waals surface area (Å²) in [6.07, 6.45) is 28.7. The van der Waals surface area contributed by atoms with E-state index in [-0.39, 0.29) is 11.5 Å². The fourth-order valence-electron chi connectivity index (χ4n) is 4.22. The van der Waals surface area contributed by atoms with E-state index in [0.29, 0.717) is 5.92 Å². The average molecular weight is 505 g/mol. The second-order valence-electron chi connectivity index (χ2n) is 11.1. The molecule has 1 aromatic carbocycles. The highest BCUT2D eigenvalue weighted by molar-refractivity contribution is 5.55. The summed E-state index contributed by atoms with van der Waals surface area (Å²) in [5.41, 5.74) is 7.88. The molecule has 2 nitrogen and oxygen atoms in total. The highest BCUT2D eigenvalue weighted by Crippen LogP contribution is 2.29. The maximum Gasteiger partial charge on any atom is 0.0416 e. The first-order valence-corrected chi connectivity index (χ1v) is 13.6. The lowest BCUT2D eigenvalue weighted by atomic mass is 9.87. The van der Waals surface area contributed by atoms with Crippen molar-refractivity contribution in [1.29, 1.82) is 0 Å². The van der Waals surface area contributed by atoms with Crippen LogP contribution in [0.4, 0.5) is 5.69 Å². The third-order valence-electron chi connectivity index (χ3n) is 6.77. The molecular formula is C36H44N2. The Morgan fingerprint density at radius 1 is 1.11 bits per heavy atom. The Kier molecular flexibility index (Phi) is 10.4. The van der Waals surface area contributed by atoms with Crippen molar-refractivity contribution in [3.05, 3.63) is 150 Å². The van der Waals surface area contributed by atoms with Crippen LogP contribution in [-0.2, 0) is 0 Å². The van der Waals surface area contributed by atoms with Gasteiger partial charge in [0.05, 0.1) is 0 Å². The fourth-order valence-corrected chi connectivity index (χ4v) is 4.22. The summed E-state index contributed by atoms with van der Waals surface area (Å²) in [6.45, 7) is 19.2. The lowest BCUT2D eigenvalue weighted by Gasteiger charge is -2.25. The largest absolute Gasteiger partial charge is 0.382 e. The van der Waals surface area contributed by atoms with Gasteiger partial charge >= 0.3 is 0 Å². The van der Waals surface area contributed by atoms with Crippen LogP contribution in [-0.4, -0.2) is 6.04 Å². The molecule has 0 bridgehead atoms. The van der Waals surface area contributed by atoms with E-state index < -0.39 is 0 Å². The lowest BCUT2D eigenvalue weighted by molar-refractivity contribution is 0.453. The van der Waals surface area contributed by atoms with Gasteiger partial charge < -0.3 is 10.6 Å². The van der Waals surface area contributed by atoms with Gasteiger partial charge in [-0.1, -0.05) is 107 Å². The van der Waals surface area contributed by atoms with Gasteiger partial charge in [-0.3, -0.25) is 0 Å². The quantitative estimate of drug-likeness (QED) is 0.327. The van der Waals surface area contributed by atoms with Crippen molar-refractivity contribution >= 4 is 5.69 Å². The van der Waals surface area contributed by atoms with Crippen LogP contribution in [0.3, 0.4) is 0 Å². The van der Waals surface area contributed by atoms with Crippen LogP contribution in [0, 0.1) is 11.3 Å². The molecule has 0 aliphatic heterocycles. The number of anilines is 1. The van der Waals surface area contributed by atoms with Crippen molar-refractivity contribution in [2.24, 2.45) is 11.3 Å². The zero-order valence-electron chi connectivity index (χ0n) is 23.8. The Morgan fingerprint density at radius 3 is 2.58 bits per heavy atom. The number of rotatable bonds is 9. The molecule has 2 unspecified atom stereocenters. The van der Waals surface area contributed by atoms with Crippen molar-refractivity contribution in [3.63, 3.8) is 0 Å². The van der Waals surface area contributed by atoms with Gasteiger partial charge in [0, 0.05) is 34.5 Å². The van der Waals surface area contributed by atoms with E-state index in [2.05, 4.69) is 137 Å². The van der Waals surface area contributed by atoms with Crippen molar-refractivity contribution in [2.45, 2.75) is 53.5 Å². The summed E-state index contributed by atoms with van der Waals surface area (Å²) < 4.78 is 0. The zero-order chi connectivity index (χ0) is 27.5. The van der Waals surface area contributed by atoms with Crippen LogP contribution < -0.4 is 10.6 Å². The van der Waals surface area contributed by atoms with E-state index in [4.69, 9.17) is 0 Å². The molecule has 2 aliphatic carbocycles. The first-order chi connectivity index (χ1) is 18.2. The lowest BCUT2D eigenvalue weighted by Crippen LogP contribution is -2.29. The number of benzene rings is 1. The Balaban J connectivity index is 2.03. The van der Waals surface area contributed by atoms with Crippen LogP contribution in [0.1, 0.15) is 47.5 Å². The van der Waals surface area contributed by atoms with Crippen LogP contribution in [0.5, 0.6) is 0 Å². The van der Waals surface area contributed by atoms with Crippen molar-refractivity contribution < 1.29 is 0 Å². The molecule has 0 radical (unpaired) electrons. The zero-order valence-corrected chi connectivity index (χ0v) is 23.8. The maximum absolute atomic E-state index is 4.24. The molecule has 0 aromatic heterocycles. The summed E-state index contributed by atoms with van der Waals surface area (Å²) in [6, 6.07) is 10.3. The molecule has 2 atom stereocenters. The molecule has 2 aliphatic rings. The number of hydrogen-bond acceptors (Lipinski definition) is 2. The number of para-hydroxylation sites is 1. The summed E-state index contributed by atoms with van der Waals surface area (Å²) in [5, 5.41) is 7.04. The van der Waals surface area contributed by atoms with Crippen molar-refractivity contribution in [3.8, 4) is 0 Å². The fraction of sp³-hybridized carbons (Fsp3) is 0.278. The SMILES string of the molecule is C=C/C(=C\C(C=CC(C)NC(=C)C(C)(C)C)=CC1=C(C)\C=C/C=CC2CCC=C\C2=C\1)Nc1ccccc1. The molecular weight excluding hydrogens is 460 g/mol. The number of hydrogen-bond donors (Lipinski definition) is 2. The maximum atomic E-state index is 4.24. The molecule has 0 saturated carbocycles. The molecule has 3 rings (SSSR count). The molecule has 2 heteroatoms. The van der Waals surface area contributed by atoms with Crippen LogP contribution in [0.25, 0.3) is 0 Å². The molecule has 0 spiro atoms. The predicted molar refractivity (Wildman–Crippen MR) is 168 cm³/mol. The smallest absolute Gasteiger partial charge is 0.0416 e. The minimum absolute atomic E-state index is 0.00613. The van der Waals surface area contributed by atoms with E-state index in [1.807, 2.05) is 24.3 Å². The second-order valence-corrected chi connectivity index (χ2v) is 11.1. The number of allylic oxidation sites excluding steroid dienone is 16. The summed E-state index contributed by atoms with van der Waals surface area (Å²) in [7, 11) is 0. The average Bonchev–Trinajstić information content (AvgIpc) is 2.96. The van der Waals surface area contributed by atoms with Gasteiger partial charge in [0.1, 0.15) is 0 Å². The van der Waals surface area contributed by atoms with E-state index >= 15 is 0 Å². The van der Waals surface area contributed by atoms with E-state index in [1.165, 1.54) is 16.7 Å². The van der Waals surface area contributed by atoms with E-state index in [1.54, 1.807) is 0 Å². The Bertz CT molecular complexity index is 1230.